The number of hydrogen-bond acceptors (Lipinski definition) is 4. The van der Waals surface area contributed by atoms with E-state index in [1.54, 1.807) is 0 Å². The second-order valence-electron chi connectivity index (χ2n) is 5.15. The number of carboxylic acids is 1. The van der Waals surface area contributed by atoms with Crippen LogP contribution in [0.3, 0.4) is 0 Å². The van der Waals surface area contributed by atoms with E-state index in [0.717, 1.165) is 32.1 Å². The molecule has 20 heavy (non-hydrogen) atoms. The summed E-state index contributed by atoms with van der Waals surface area (Å²) in [7, 11) is 0. The van der Waals surface area contributed by atoms with E-state index in [1.807, 2.05) is 6.92 Å². The molecule has 1 amide bonds. The molecular formula is C13H20N4O3. The summed E-state index contributed by atoms with van der Waals surface area (Å²) in [4.78, 5) is 23.0. The van der Waals surface area contributed by atoms with Crippen molar-refractivity contribution in [3.63, 3.8) is 0 Å². The van der Waals surface area contributed by atoms with Gasteiger partial charge in [-0.1, -0.05) is 31.4 Å². The van der Waals surface area contributed by atoms with Gasteiger partial charge in [0.15, 0.2) is 5.69 Å². The number of nitrogens with zero attached hydrogens (tertiary/aromatic N) is 3. The molecule has 0 aliphatic heterocycles. The Bertz CT molecular complexity index is 492. The first kappa shape index (κ1) is 14.5. The third kappa shape index (κ3) is 3.34. The van der Waals surface area contributed by atoms with Crippen LogP contribution in [0.1, 0.15) is 55.2 Å². The van der Waals surface area contributed by atoms with Gasteiger partial charge < -0.3 is 10.4 Å². The fraction of sp³-hybridized carbons (Fsp3) is 0.692. The van der Waals surface area contributed by atoms with Crippen LogP contribution in [0.4, 0.5) is 0 Å². The number of carbonyl (C=O) groups is 2. The summed E-state index contributed by atoms with van der Waals surface area (Å²) in [5.74, 6) is -1.23. The van der Waals surface area contributed by atoms with Gasteiger partial charge in [0.25, 0.3) is 0 Å². The highest BCUT2D eigenvalue weighted by Crippen LogP contribution is 2.17. The van der Waals surface area contributed by atoms with Gasteiger partial charge in [0, 0.05) is 6.04 Å². The zero-order valence-electron chi connectivity index (χ0n) is 11.6. The molecule has 1 saturated carbocycles. The molecule has 1 fully saturated rings. The number of carboxylic acid groups (broad SMARTS) is 1. The standard InChI is InChI=1S/C13H20N4O3/c1-2-5-10-12(13(19)20)15-16-17(10)8-11(18)14-9-6-3-4-7-9/h9H,2-8H2,1H3,(H,14,18)(H,19,20). The van der Waals surface area contributed by atoms with Crippen LogP contribution in [-0.2, 0) is 17.8 Å². The summed E-state index contributed by atoms with van der Waals surface area (Å²) in [6.07, 6.45) is 5.66. The number of amides is 1. The SMILES string of the molecule is CCCc1c(C(=O)O)nnn1CC(=O)NC1CCCC1. The predicted molar refractivity (Wildman–Crippen MR) is 71.4 cm³/mol. The van der Waals surface area contributed by atoms with Gasteiger partial charge in [-0.25, -0.2) is 9.48 Å². The van der Waals surface area contributed by atoms with E-state index in [-0.39, 0.29) is 24.2 Å². The van der Waals surface area contributed by atoms with Crippen molar-refractivity contribution in [2.45, 2.75) is 58.0 Å². The minimum atomic E-state index is -1.10. The third-order valence-electron chi connectivity index (χ3n) is 3.54. The summed E-state index contributed by atoms with van der Waals surface area (Å²) in [6.45, 7) is 1.98. The summed E-state index contributed by atoms with van der Waals surface area (Å²) in [6, 6.07) is 0.250. The van der Waals surface area contributed by atoms with Crippen LogP contribution in [0.5, 0.6) is 0 Å². The molecule has 0 saturated heterocycles. The highest BCUT2D eigenvalue weighted by molar-refractivity contribution is 5.86. The maximum Gasteiger partial charge on any atom is 0.358 e. The molecule has 0 bridgehead atoms. The molecule has 0 radical (unpaired) electrons. The number of aromatic carboxylic acids is 1. The molecule has 0 atom stereocenters. The summed E-state index contributed by atoms with van der Waals surface area (Å²) in [5, 5.41) is 19.5. The molecule has 1 aliphatic rings. The second kappa shape index (κ2) is 6.49. The lowest BCUT2D eigenvalue weighted by Crippen LogP contribution is -2.35. The van der Waals surface area contributed by atoms with Crippen LogP contribution < -0.4 is 5.32 Å². The van der Waals surface area contributed by atoms with Crippen LogP contribution in [-0.4, -0.2) is 38.0 Å². The van der Waals surface area contributed by atoms with Crippen LogP contribution >= 0.6 is 0 Å². The van der Waals surface area contributed by atoms with Crippen molar-refractivity contribution in [3.8, 4) is 0 Å². The first-order valence-corrected chi connectivity index (χ1v) is 7.06. The Kier molecular flexibility index (Phi) is 4.70. The monoisotopic (exact) mass is 280 g/mol. The maximum absolute atomic E-state index is 12.0. The van der Waals surface area contributed by atoms with Gasteiger partial charge in [-0.15, -0.1) is 5.10 Å². The topological polar surface area (TPSA) is 97.1 Å². The quantitative estimate of drug-likeness (QED) is 0.809. The Balaban J connectivity index is 2.04. The minimum absolute atomic E-state index is 0.0338. The van der Waals surface area contributed by atoms with Crippen molar-refractivity contribution in [1.29, 1.82) is 0 Å². The van der Waals surface area contributed by atoms with E-state index in [1.165, 1.54) is 4.68 Å². The normalized spacial score (nSPS) is 15.4. The van der Waals surface area contributed by atoms with Crippen molar-refractivity contribution >= 4 is 11.9 Å². The van der Waals surface area contributed by atoms with Gasteiger partial charge in [-0.3, -0.25) is 4.79 Å². The molecule has 0 spiro atoms. The Labute approximate surface area is 117 Å². The lowest BCUT2D eigenvalue weighted by atomic mass is 10.2. The van der Waals surface area contributed by atoms with E-state index < -0.39 is 5.97 Å². The molecule has 2 N–H and O–H groups in total. The van der Waals surface area contributed by atoms with E-state index in [4.69, 9.17) is 5.11 Å². The minimum Gasteiger partial charge on any atom is -0.476 e. The number of rotatable bonds is 6. The highest BCUT2D eigenvalue weighted by atomic mass is 16.4. The molecule has 1 aliphatic carbocycles. The smallest absolute Gasteiger partial charge is 0.358 e. The van der Waals surface area contributed by atoms with Crippen molar-refractivity contribution < 1.29 is 14.7 Å². The molecule has 0 unspecified atom stereocenters. The number of hydrogen-bond donors (Lipinski definition) is 2. The van der Waals surface area contributed by atoms with E-state index in [9.17, 15) is 9.59 Å². The molecule has 1 aromatic heterocycles. The zero-order chi connectivity index (χ0) is 14.5. The van der Waals surface area contributed by atoms with E-state index in [2.05, 4.69) is 15.6 Å². The first-order chi connectivity index (χ1) is 9.61. The van der Waals surface area contributed by atoms with Crippen LogP contribution in [0.15, 0.2) is 0 Å². The van der Waals surface area contributed by atoms with Crippen LogP contribution in [0.25, 0.3) is 0 Å². The zero-order valence-corrected chi connectivity index (χ0v) is 11.6. The van der Waals surface area contributed by atoms with Crippen LogP contribution in [0.2, 0.25) is 0 Å². The molecular weight excluding hydrogens is 260 g/mol. The van der Waals surface area contributed by atoms with Crippen molar-refractivity contribution in [3.05, 3.63) is 11.4 Å². The number of carbonyl (C=O) groups excluding carboxylic acids is 1. The molecule has 0 aromatic carbocycles. The number of aromatic nitrogens is 3. The molecule has 110 valence electrons. The largest absolute Gasteiger partial charge is 0.476 e. The molecule has 7 nitrogen and oxygen atoms in total. The van der Waals surface area contributed by atoms with E-state index >= 15 is 0 Å². The maximum atomic E-state index is 12.0. The van der Waals surface area contributed by atoms with Crippen molar-refractivity contribution in [1.82, 2.24) is 20.3 Å². The average Bonchev–Trinajstić information content (AvgIpc) is 3.00. The lowest BCUT2D eigenvalue weighted by molar-refractivity contribution is -0.122. The summed E-state index contributed by atoms with van der Waals surface area (Å²) < 4.78 is 1.40. The van der Waals surface area contributed by atoms with Gasteiger partial charge in [0.2, 0.25) is 5.91 Å². The molecule has 1 heterocycles. The Morgan fingerprint density at radius 1 is 1.40 bits per heavy atom. The number of nitrogens with one attached hydrogen (secondary N) is 1. The fourth-order valence-corrected chi connectivity index (χ4v) is 2.59. The Morgan fingerprint density at radius 2 is 2.10 bits per heavy atom. The second-order valence-corrected chi connectivity index (χ2v) is 5.15. The molecule has 7 heteroatoms. The van der Waals surface area contributed by atoms with Crippen molar-refractivity contribution in [2.75, 3.05) is 0 Å². The Morgan fingerprint density at radius 3 is 2.70 bits per heavy atom. The highest BCUT2D eigenvalue weighted by Gasteiger charge is 2.21. The van der Waals surface area contributed by atoms with E-state index in [0.29, 0.717) is 12.1 Å². The summed E-state index contributed by atoms with van der Waals surface area (Å²) >= 11 is 0. The summed E-state index contributed by atoms with van der Waals surface area (Å²) in [5.41, 5.74) is 0.460. The first-order valence-electron chi connectivity index (χ1n) is 7.06. The predicted octanol–water partition coefficient (Wildman–Crippen LogP) is 0.988. The van der Waals surface area contributed by atoms with Gasteiger partial charge in [0.1, 0.15) is 6.54 Å². The average molecular weight is 280 g/mol. The molecule has 2 rings (SSSR count). The van der Waals surface area contributed by atoms with Gasteiger partial charge in [0.05, 0.1) is 5.69 Å². The Hall–Kier alpha value is -1.92. The fourth-order valence-electron chi connectivity index (χ4n) is 2.59. The van der Waals surface area contributed by atoms with Gasteiger partial charge in [-0.05, 0) is 19.3 Å². The lowest BCUT2D eigenvalue weighted by Gasteiger charge is -2.12. The van der Waals surface area contributed by atoms with Gasteiger partial charge >= 0.3 is 5.97 Å². The van der Waals surface area contributed by atoms with Gasteiger partial charge in [-0.2, -0.15) is 0 Å². The van der Waals surface area contributed by atoms with Crippen LogP contribution in [0, 0.1) is 0 Å². The molecule has 1 aromatic rings. The van der Waals surface area contributed by atoms with Crippen molar-refractivity contribution in [2.24, 2.45) is 0 Å². The third-order valence-corrected chi connectivity index (χ3v) is 3.54.